The number of aryl methyl sites for hydroxylation is 1. The molecule has 0 fully saturated rings. The number of carbonyl (C=O) groups is 1. The minimum atomic E-state index is 0.102. The lowest BCUT2D eigenvalue weighted by Crippen LogP contribution is -2.88. The lowest BCUT2D eigenvalue weighted by molar-refractivity contribution is -0.692. The minimum absolute atomic E-state index is 0.102. The molecule has 2 aromatic rings. The number of hydrogen-bond acceptors (Lipinski definition) is 1. The van der Waals surface area contributed by atoms with Gasteiger partial charge in [-0.3, -0.25) is 4.79 Å². The van der Waals surface area contributed by atoms with E-state index in [0.717, 1.165) is 6.42 Å². The van der Waals surface area contributed by atoms with Crippen molar-refractivity contribution in [3.63, 3.8) is 0 Å². The van der Waals surface area contributed by atoms with Crippen LogP contribution in [0.5, 0.6) is 0 Å². The van der Waals surface area contributed by atoms with E-state index in [9.17, 15) is 4.79 Å². The van der Waals surface area contributed by atoms with Crippen molar-refractivity contribution in [1.82, 2.24) is 5.32 Å². The van der Waals surface area contributed by atoms with Gasteiger partial charge in [0.1, 0.15) is 6.04 Å². The number of nitrogens with two attached hydrogens (primary N) is 1. The molecule has 3 heteroatoms. The Bertz CT molecular complexity index is 637. The van der Waals surface area contributed by atoms with Crippen molar-refractivity contribution in [1.29, 1.82) is 0 Å². The normalized spacial score (nSPS) is 12.2. The predicted molar refractivity (Wildman–Crippen MR) is 98.7 cm³/mol. The van der Waals surface area contributed by atoms with Crippen molar-refractivity contribution in [3.05, 3.63) is 71.3 Å². The van der Waals surface area contributed by atoms with Gasteiger partial charge in [0.15, 0.2) is 6.54 Å². The fourth-order valence-electron chi connectivity index (χ4n) is 3.00. The lowest BCUT2D eigenvalue weighted by Gasteiger charge is -2.19. The van der Waals surface area contributed by atoms with Crippen LogP contribution >= 0.6 is 0 Å². The zero-order valence-electron chi connectivity index (χ0n) is 15.0. The number of hydrogen-bond donors (Lipinski definition) is 2. The molecule has 0 saturated carbocycles. The molecule has 0 aliphatic heterocycles. The van der Waals surface area contributed by atoms with Gasteiger partial charge in [-0.05, 0) is 24.5 Å². The van der Waals surface area contributed by atoms with Gasteiger partial charge in [0, 0.05) is 18.0 Å². The van der Waals surface area contributed by atoms with Gasteiger partial charge in [-0.25, -0.2) is 0 Å². The predicted octanol–water partition coefficient (Wildman–Crippen LogP) is 2.61. The average Bonchev–Trinajstić information content (AvgIpc) is 2.57. The van der Waals surface area contributed by atoms with E-state index in [1.807, 2.05) is 18.2 Å². The summed E-state index contributed by atoms with van der Waals surface area (Å²) < 4.78 is 0. The van der Waals surface area contributed by atoms with Gasteiger partial charge in [0.2, 0.25) is 0 Å². The van der Waals surface area contributed by atoms with E-state index in [4.69, 9.17) is 0 Å². The quantitative estimate of drug-likeness (QED) is 0.770. The van der Waals surface area contributed by atoms with Crippen molar-refractivity contribution >= 4 is 5.91 Å². The molecule has 1 atom stereocenters. The Hall–Kier alpha value is -2.13. The first kappa shape index (κ1) is 18.2. The summed E-state index contributed by atoms with van der Waals surface area (Å²) in [5.41, 5.74) is 3.86. The van der Waals surface area contributed by atoms with Crippen LogP contribution in [0.15, 0.2) is 54.6 Å². The van der Waals surface area contributed by atoms with E-state index in [1.165, 1.54) is 16.7 Å². The van der Waals surface area contributed by atoms with Crippen LogP contribution in [0.4, 0.5) is 0 Å². The Morgan fingerprint density at radius 1 is 1.04 bits per heavy atom. The third-order valence-corrected chi connectivity index (χ3v) is 4.44. The van der Waals surface area contributed by atoms with E-state index >= 15 is 0 Å². The highest BCUT2D eigenvalue weighted by atomic mass is 16.1. The van der Waals surface area contributed by atoms with Crippen LogP contribution in [0.1, 0.15) is 36.6 Å². The van der Waals surface area contributed by atoms with E-state index < -0.39 is 0 Å². The molecule has 24 heavy (non-hydrogen) atoms. The molecule has 0 bridgehead atoms. The maximum atomic E-state index is 12.1. The van der Waals surface area contributed by atoms with Gasteiger partial charge in [-0.1, -0.05) is 68.4 Å². The van der Waals surface area contributed by atoms with Crippen LogP contribution < -0.4 is 10.6 Å². The van der Waals surface area contributed by atoms with Crippen LogP contribution in [0, 0.1) is 12.8 Å². The van der Waals surface area contributed by atoms with Crippen LogP contribution in [0.3, 0.4) is 0 Å². The first-order chi connectivity index (χ1) is 11.6. The standard InChI is InChI=1S/C21H28N2O/c1-16(2)21(19-11-5-4-6-12-19)23-15-20(24)22-14-13-18-10-8-7-9-17(18)3/h4-12,16,21,23H,13-15H2,1-3H3,(H,22,24)/p+1/t21-/m1/s1. The van der Waals surface area contributed by atoms with E-state index in [-0.39, 0.29) is 5.91 Å². The third kappa shape index (κ3) is 5.50. The Kier molecular flexibility index (Phi) is 7.01. The van der Waals surface area contributed by atoms with Gasteiger partial charge >= 0.3 is 0 Å². The van der Waals surface area contributed by atoms with Crippen LogP contribution in [-0.2, 0) is 11.2 Å². The Balaban J connectivity index is 1.78. The van der Waals surface area contributed by atoms with Crippen molar-refractivity contribution in [2.45, 2.75) is 33.2 Å². The molecular weight excluding hydrogens is 296 g/mol. The smallest absolute Gasteiger partial charge is 0.275 e. The van der Waals surface area contributed by atoms with Gasteiger partial charge in [-0.2, -0.15) is 0 Å². The lowest BCUT2D eigenvalue weighted by atomic mass is 9.96. The van der Waals surface area contributed by atoms with Gasteiger partial charge in [-0.15, -0.1) is 0 Å². The van der Waals surface area contributed by atoms with E-state index in [0.29, 0.717) is 25.0 Å². The van der Waals surface area contributed by atoms with Crippen LogP contribution in [0.25, 0.3) is 0 Å². The molecular formula is C21H29N2O+. The molecule has 1 amide bonds. The molecule has 0 spiro atoms. The van der Waals surface area contributed by atoms with Gasteiger partial charge < -0.3 is 10.6 Å². The fourth-order valence-corrected chi connectivity index (χ4v) is 3.00. The Labute approximate surface area is 145 Å². The molecule has 0 heterocycles. The highest BCUT2D eigenvalue weighted by Gasteiger charge is 2.19. The average molecular weight is 325 g/mol. The summed E-state index contributed by atoms with van der Waals surface area (Å²) in [4.78, 5) is 12.1. The maximum Gasteiger partial charge on any atom is 0.275 e. The largest absolute Gasteiger partial charge is 0.351 e. The maximum absolute atomic E-state index is 12.1. The van der Waals surface area contributed by atoms with Gasteiger partial charge in [0.25, 0.3) is 5.91 Å². The van der Waals surface area contributed by atoms with Crippen molar-refractivity contribution in [3.8, 4) is 0 Å². The topological polar surface area (TPSA) is 45.7 Å². The molecule has 0 unspecified atom stereocenters. The minimum Gasteiger partial charge on any atom is -0.351 e. The molecule has 2 aromatic carbocycles. The summed E-state index contributed by atoms with van der Waals surface area (Å²) in [6, 6.07) is 19.0. The monoisotopic (exact) mass is 325 g/mol. The molecule has 3 nitrogen and oxygen atoms in total. The number of carbonyl (C=O) groups excluding carboxylic acids is 1. The number of quaternary nitrogens is 1. The molecule has 0 radical (unpaired) electrons. The third-order valence-electron chi connectivity index (χ3n) is 4.44. The molecule has 2 rings (SSSR count). The second kappa shape index (κ2) is 9.24. The summed E-state index contributed by atoms with van der Waals surface area (Å²) in [6.07, 6.45) is 0.880. The molecule has 0 aliphatic carbocycles. The number of nitrogens with one attached hydrogen (secondary N) is 1. The number of benzene rings is 2. The molecule has 3 N–H and O–H groups in total. The second-order valence-electron chi connectivity index (χ2n) is 6.65. The summed E-state index contributed by atoms with van der Waals surface area (Å²) >= 11 is 0. The van der Waals surface area contributed by atoms with Crippen molar-refractivity contribution < 1.29 is 10.1 Å². The van der Waals surface area contributed by atoms with Crippen molar-refractivity contribution in [2.24, 2.45) is 5.92 Å². The zero-order chi connectivity index (χ0) is 17.4. The van der Waals surface area contributed by atoms with E-state index in [1.54, 1.807) is 0 Å². The molecule has 0 saturated heterocycles. The summed E-state index contributed by atoms with van der Waals surface area (Å²) in [6.45, 7) is 7.66. The second-order valence-corrected chi connectivity index (χ2v) is 6.65. The first-order valence-corrected chi connectivity index (χ1v) is 8.77. The zero-order valence-corrected chi connectivity index (χ0v) is 15.0. The van der Waals surface area contributed by atoms with E-state index in [2.05, 4.69) is 67.8 Å². The highest BCUT2D eigenvalue weighted by molar-refractivity contribution is 5.76. The molecule has 0 aromatic heterocycles. The summed E-state index contributed by atoms with van der Waals surface area (Å²) in [7, 11) is 0. The Morgan fingerprint density at radius 2 is 1.71 bits per heavy atom. The fraction of sp³-hybridized carbons (Fsp3) is 0.381. The van der Waals surface area contributed by atoms with Crippen molar-refractivity contribution in [2.75, 3.05) is 13.1 Å². The van der Waals surface area contributed by atoms with Crippen LogP contribution in [-0.4, -0.2) is 19.0 Å². The Morgan fingerprint density at radius 3 is 2.38 bits per heavy atom. The molecule has 128 valence electrons. The van der Waals surface area contributed by atoms with Crippen LogP contribution in [0.2, 0.25) is 0 Å². The molecule has 0 aliphatic rings. The first-order valence-electron chi connectivity index (χ1n) is 8.77. The highest BCUT2D eigenvalue weighted by Crippen LogP contribution is 2.16. The van der Waals surface area contributed by atoms with Gasteiger partial charge in [0.05, 0.1) is 0 Å². The SMILES string of the molecule is Cc1ccccc1CCNC(=O)C[NH2+][C@@H](c1ccccc1)C(C)C. The number of rotatable bonds is 8. The summed E-state index contributed by atoms with van der Waals surface area (Å²) in [5, 5.41) is 5.18. The number of amides is 1. The summed E-state index contributed by atoms with van der Waals surface area (Å²) in [5.74, 6) is 0.581.